The van der Waals surface area contributed by atoms with Gasteiger partial charge in [0.25, 0.3) is 0 Å². The zero-order valence-electron chi connectivity index (χ0n) is 12.1. The Morgan fingerprint density at radius 2 is 2.15 bits per heavy atom. The van der Waals surface area contributed by atoms with Gasteiger partial charge in [-0.2, -0.15) is 0 Å². The average Bonchev–Trinajstić information content (AvgIpc) is 2.47. The van der Waals surface area contributed by atoms with Crippen LogP contribution in [0.4, 0.5) is 4.39 Å². The molecule has 0 spiro atoms. The zero-order valence-corrected chi connectivity index (χ0v) is 12.1. The van der Waals surface area contributed by atoms with Crippen molar-refractivity contribution >= 4 is 5.91 Å². The van der Waals surface area contributed by atoms with E-state index in [-0.39, 0.29) is 11.7 Å². The Kier molecular flexibility index (Phi) is 5.53. The van der Waals surface area contributed by atoms with E-state index in [4.69, 9.17) is 0 Å². The van der Waals surface area contributed by atoms with Crippen molar-refractivity contribution in [1.82, 2.24) is 10.2 Å². The van der Waals surface area contributed by atoms with Crippen molar-refractivity contribution in [3.05, 3.63) is 35.6 Å². The second-order valence-corrected chi connectivity index (χ2v) is 5.54. The maximum Gasteiger partial charge on any atom is 0.236 e. The Morgan fingerprint density at radius 1 is 1.40 bits per heavy atom. The molecule has 1 fully saturated rings. The Balaban J connectivity index is 1.80. The van der Waals surface area contributed by atoms with Gasteiger partial charge >= 0.3 is 0 Å². The molecule has 1 aliphatic heterocycles. The molecule has 0 aliphatic carbocycles. The highest BCUT2D eigenvalue weighted by Crippen LogP contribution is 2.21. The number of hydrogen-bond donors (Lipinski definition) is 1. The Hall–Kier alpha value is -1.42. The van der Waals surface area contributed by atoms with Crippen LogP contribution in [0.15, 0.2) is 24.3 Å². The lowest BCUT2D eigenvalue weighted by atomic mass is 9.91. The number of benzene rings is 1. The molecule has 1 saturated heterocycles. The molecule has 1 heterocycles. The molecule has 1 aromatic rings. The standard InChI is InChI=1S/C16H23FN2O/c1-18-11-16(20)19-10-2-3-14(12-19)5-4-13-6-8-15(17)9-7-13/h6-9,14,18H,2-5,10-12H2,1H3/t14-/m0/s1. The van der Waals surface area contributed by atoms with Crippen molar-refractivity contribution in [2.75, 3.05) is 26.7 Å². The highest BCUT2D eigenvalue weighted by atomic mass is 19.1. The predicted octanol–water partition coefficient (Wildman–Crippen LogP) is 2.22. The number of nitrogens with one attached hydrogen (secondary N) is 1. The summed E-state index contributed by atoms with van der Waals surface area (Å²) in [5.41, 5.74) is 1.17. The van der Waals surface area contributed by atoms with E-state index in [1.54, 1.807) is 7.05 Å². The molecule has 1 aromatic carbocycles. The highest BCUT2D eigenvalue weighted by molar-refractivity contribution is 5.78. The summed E-state index contributed by atoms with van der Waals surface area (Å²) in [6, 6.07) is 6.72. The van der Waals surface area contributed by atoms with Crippen molar-refractivity contribution in [2.24, 2.45) is 5.92 Å². The summed E-state index contributed by atoms with van der Waals surface area (Å²) in [7, 11) is 1.80. The lowest BCUT2D eigenvalue weighted by Crippen LogP contribution is -2.43. The fourth-order valence-electron chi connectivity index (χ4n) is 2.81. The third-order valence-electron chi connectivity index (χ3n) is 3.95. The molecule has 2 rings (SSSR count). The summed E-state index contributed by atoms with van der Waals surface area (Å²) in [4.78, 5) is 13.8. The molecule has 20 heavy (non-hydrogen) atoms. The predicted molar refractivity (Wildman–Crippen MR) is 78.0 cm³/mol. The van der Waals surface area contributed by atoms with Crippen molar-refractivity contribution in [3.63, 3.8) is 0 Å². The van der Waals surface area contributed by atoms with Crippen LogP contribution in [0.25, 0.3) is 0 Å². The maximum absolute atomic E-state index is 12.8. The Labute approximate surface area is 120 Å². The first kappa shape index (κ1) is 15.0. The van der Waals surface area contributed by atoms with Crippen LogP contribution in [-0.2, 0) is 11.2 Å². The van der Waals surface area contributed by atoms with E-state index in [1.165, 1.54) is 24.1 Å². The molecule has 0 aromatic heterocycles. The van der Waals surface area contributed by atoms with E-state index < -0.39 is 0 Å². The molecule has 0 saturated carbocycles. The average molecular weight is 278 g/mol. The summed E-state index contributed by atoms with van der Waals surface area (Å²) in [5, 5.41) is 2.92. The van der Waals surface area contributed by atoms with Gasteiger partial charge < -0.3 is 10.2 Å². The number of piperidine rings is 1. The SMILES string of the molecule is CNCC(=O)N1CCC[C@@H](CCc2ccc(F)cc2)C1. The Bertz CT molecular complexity index is 433. The van der Waals surface area contributed by atoms with Gasteiger partial charge in [0.1, 0.15) is 5.82 Å². The number of hydrogen-bond acceptors (Lipinski definition) is 2. The van der Waals surface area contributed by atoms with Crippen LogP contribution in [0, 0.1) is 11.7 Å². The number of rotatable bonds is 5. The lowest BCUT2D eigenvalue weighted by Gasteiger charge is -2.33. The second kappa shape index (κ2) is 7.39. The first-order chi connectivity index (χ1) is 9.69. The molecule has 1 aliphatic rings. The Morgan fingerprint density at radius 3 is 2.85 bits per heavy atom. The second-order valence-electron chi connectivity index (χ2n) is 5.54. The molecular weight excluding hydrogens is 255 g/mol. The molecule has 1 atom stereocenters. The van der Waals surface area contributed by atoms with Gasteiger partial charge in [-0.25, -0.2) is 4.39 Å². The fourth-order valence-corrected chi connectivity index (χ4v) is 2.81. The van der Waals surface area contributed by atoms with Gasteiger partial charge in [0.15, 0.2) is 0 Å². The summed E-state index contributed by atoms with van der Waals surface area (Å²) < 4.78 is 12.8. The third-order valence-corrected chi connectivity index (χ3v) is 3.95. The van der Waals surface area contributed by atoms with Gasteiger partial charge in [-0.3, -0.25) is 4.79 Å². The molecule has 1 amide bonds. The first-order valence-corrected chi connectivity index (χ1v) is 7.36. The topological polar surface area (TPSA) is 32.3 Å². The zero-order chi connectivity index (χ0) is 14.4. The number of carbonyl (C=O) groups is 1. The number of nitrogens with zero attached hydrogens (tertiary/aromatic N) is 1. The van der Waals surface area contributed by atoms with E-state index in [1.807, 2.05) is 17.0 Å². The largest absolute Gasteiger partial charge is 0.341 e. The summed E-state index contributed by atoms with van der Waals surface area (Å²) in [5.74, 6) is 0.573. The molecule has 3 nitrogen and oxygen atoms in total. The molecule has 0 radical (unpaired) electrons. The molecule has 0 unspecified atom stereocenters. The highest BCUT2D eigenvalue weighted by Gasteiger charge is 2.22. The number of likely N-dealkylation sites (tertiary alicyclic amines) is 1. The lowest BCUT2D eigenvalue weighted by molar-refractivity contribution is -0.131. The van der Waals surface area contributed by atoms with E-state index in [2.05, 4.69) is 5.32 Å². The van der Waals surface area contributed by atoms with Gasteiger partial charge in [0.2, 0.25) is 5.91 Å². The summed E-state index contributed by atoms with van der Waals surface area (Å²) in [6.07, 6.45) is 4.29. The van der Waals surface area contributed by atoms with E-state index >= 15 is 0 Å². The minimum absolute atomic E-state index is 0.185. The van der Waals surface area contributed by atoms with Crippen molar-refractivity contribution in [1.29, 1.82) is 0 Å². The smallest absolute Gasteiger partial charge is 0.236 e. The quantitative estimate of drug-likeness (QED) is 0.895. The number of amides is 1. The molecule has 110 valence electrons. The minimum Gasteiger partial charge on any atom is -0.341 e. The summed E-state index contributed by atoms with van der Waals surface area (Å²) in [6.45, 7) is 2.17. The maximum atomic E-state index is 12.8. The third kappa shape index (κ3) is 4.30. The van der Waals surface area contributed by atoms with Crippen molar-refractivity contribution in [3.8, 4) is 0 Å². The normalized spacial score (nSPS) is 19.1. The number of likely N-dealkylation sites (N-methyl/N-ethyl adjacent to an activating group) is 1. The first-order valence-electron chi connectivity index (χ1n) is 7.36. The molecule has 4 heteroatoms. The van der Waals surface area contributed by atoms with Gasteiger partial charge in [-0.05, 0) is 56.3 Å². The fraction of sp³-hybridized carbons (Fsp3) is 0.562. The van der Waals surface area contributed by atoms with Gasteiger partial charge in [-0.1, -0.05) is 12.1 Å². The molecule has 1 N–H and O–H groups in total. The van der Waals surface area contributed by atoms with Crippen LogP contribution < -0.4 is 5.32 Å². The molecule has 0 bridgehead atoms. The minimum atomic E-state index is -0.185. The van der Waals surface area contributed by atoms with Crippen LogP contribution in [0.2, 0.25) is 0 Å². The van der Waals surface area contributed by atoms with Gasteiger partial charge in [-0.15, -0.1) is 0 Å². The number of carbonyl (C=O) groups excluding carboxylic acids is 1. The molecular formula is C16H23FN2O. The van der Waals surface area contributed by atoms with Crippen LogP contribution in [0.3, 0.4) is 0 Å². The summed E-state index contributed by atoms with van der Waals surface area (Å²) >= 11 is 0. The van der Waals surface area contributed by atoms with E-state index in [9.17, 15) is 9.18 Å². The van der Waals surface area contributed by atoms with Crippen molar-refractivity contribution < 1.29 is 9.18 Å². The number of halogens is 1. The van der Waals surface area contributed by atoms with Crippen LogP contribution in [0.5, 0.6) is 0 Å². The van der Waals surface area contributed by atoms with Crippen LogP contribution in [-0.4, -0.2) is 37.5 Å². The van der Waals surface area contributed by atoms with E-state index in [0.29, 0.717) is 12.5 Å². The van der Waals surface area contributed by atoms with Gasteiger partial charge in [0.05, 0.1) is 6.54 Å². The van der Waals surface area contributed by atoms with Crippen molar-refractivity contribution in [2.45, 2.75) is 25.7 Å². The monoisotopic (exact) mass is 278 g/mol. The number of aryl methyl sites for hydroxylation is 1. The van der Waals surface area contributed by atoms with Crippen LogP contribution >= 0.6 is 0 Å². The van der Waals surface area contributed by atoms with Gasteiger partial charge in [0, 0.05) is 13.1 Å². The van der Waals surface area contributed by atoms with E-state index in [0.717, 1.165) is 32.4 Å². The van der Waals surface area contributed by atoms with Crippen LogP contribution in [0.1, 0.15) is 24.8 Å².